The molecule has 0 radical (unpaired) electrons. The van der Waals surface area contributed by atoms with Crippen molar-refractivity contribution in [3.63, 3.8) is 0 Å². The van der Waals surface area contributed by atoms with Gasteiger partial charge in [0.25, 0.3) is 5.91 Å². The molecule has 0 unspecified atom stereocenters. The number of halogens is 1. The Labute approximate surface area is 114 Å². The van der Waals surface area contributed by atoms with Crippen LogP contribution in [0.25, 0.3) is 0 Å². The van der Waals surface area contributed by atoms with Crippen LogP contribution in [0.15, 0.2) is 22.8 Å². The summed E-state index contributed by atoms with van der Waals surface area (Å²) < 4.78 is 0.675. The largest absolute Gasteiger partial charge is 0.392 e. The van der Waals surface area contributed by atoms with Crippen molar-refractivity contribution < 1.29 is 4.79 Å². The van der Waals surface area contributed by atoms with E-state index in [1.54, 1.807) is 23.2 Å². The minimum Gasteiger partial charge on any atom is -0.392 e. The molecule has 0 aliphatic heterocycles. The lowest BCUT2D eigenvalue weighted by Crippen LogP contribution is -2.38. The quantitative estimate of drug-likeness (QED) is 0.844. The molecule has 6 heteroatoms. The van der Waals surface area contributed by atoms with Gasteiger partial charge >= 0.3 is 0 Å². The predicted molar refractivity (Wildman–Crippen MR) is 74.9 cm³/mol. The Morgan fingerprint density at radius 3 is 2.88 bits per heavy atom. The van der Waals surface area contributed by atoms with Crippen LogP contribution in [0.3, 0.4) is 0 Å². The zero-order valence-electron chi connectivity index (χ0n) is 9.52. The number of nitrogens with two attached hydrogens (primary N) is 1. The lowest BCUT2D eigenvalue weighted by molar-refractivity contribution is 0.0773. The first kappa shape index (κ1) is 14.1. The first-order chi connectivity index (χ1) is 8.06. The topological polar surface area (TPSA) is 59.2 Å². The van der Waals surface area contributed by atoms with Crippen LogP contribution in [0.2, 0.25) is 0 Å². The van der Waals surface area contributed by atoms with E-state index in [4.69, 9.17) is 18.0 Å². The molecule has 1 amide bonds. The van der Waals surface area contributed by atoms with Crippen molar-refractivity contribution in [2.24, 2.45) is 5.73 Å². The number of amides is 1. The second-order valence-corrected chi connectivity index (χ2v) is 4.91. The van der Waals surface area contributed by atoms with Gasteiger partial charge in [-0.05, 0) is 34.5 Å². The van der Waals surface area contributed by atoms with Crippen molar-refractivity contribution in [3.8, 4) is 0 Å². The summed E-state index contributed by atoms with van der Waals surface area (Å²) in [5, 5.41) is 0. The Balaban J connectivity index is 2.91. The highest BCUT2D eigenvalue weighted by Crippen LogP contribution is 2.15. The molecule has 0 atom stereocenters. The third kappa shape index (κ3) is 4.05. The average molecular weight is 316 g/mol. The van der Waals surface area contributed by atoms with Gasteiger partial charge in [-0.15, -0.1) is 0 Å². The third-order valence-electron chi connectivity index (χ3n) is 2.09. The van der Waals surface area contributed by atoms with Crippen molar-refractivity contribution in [2.75, 3.05) is 13.1 Å². The van der Waals surface area contributed by atoms with Crippen LogP contribution in [0, 0.1) is 0 Å². The Morgan fingerprint density at radius 1 is 1.65 bits per heavy atom. The molecule has 0 fully saturated rings. The molecule has 1 aromatic rings. The maximum absolute atomic E-state index is 12.2. The van der Waals surface area contributed by atoms with Gasteiger partial charge in [0.2, 0.25) is 0 Å². The fraction of sp³-hybridized carbons (Fsp3) is 0.364. The van der Waals surface area contributed by atoms with Gasteiger partial charge in [0, 0.05) is 17.2 Å². The molecule has 0 saturated heterocycles. The van der Waals surface area contributed by atoms with Gasteiger partial charge in [-0.2, -0.15) is 0 Å². The van der Waals surface area contributed by atoms with E-state index in [1.807, 2.05) is 6.92 Å². The summed E-state index contributed by atoms with van der Waals surface area (Å²) in [6.07, 6.45) is 2.43. The molecule has 0 bridgehead atoms. The predicted octanol–water partition coefficient (Wildman–Crippen LogP) is 1.98. The monoisotopic (exact) mass is 315 g/mol. The van der Waals surface area contributed by atoms with Gasteiger partial charge in [-0.1, -0.05) is 19.1 Å². The standard InChI is InChI=1S/C11H14BrN3OS/c1-2-6-15(7-9(13)17)11(16)10-8(12)4-3-5-14-10/h3-5H,2,6-7H2,1H3,(H2,13,17). The van der Waals surface area contributed by atoms with Gasteiger partial charge in [0.15, 0.2) is 0 Å². The number of hydrogen-bond donors (Lipinski definition) is 1. The van der Waals surface area contributed by atoms with Crippen molar-refractivity contribution in [2.45, 2.75) is 13.3 Å². The Bertz CT molecular complexity index is 425. The number of aromatic nitrogens is 1. The first-order valence-electron chi connectivity index (χ1n) is 5.24. The maximum atomic E-state index is 12.2. The Morgan fingerprint density at radius 2 is 2.35 bits per heavy atom. The molecule has 0 aromatic carbocycles. The molecule has 92 valence electrons. The molecule has 4 nitrogen and oxygen atoms in total. The van der Waals surface area contributed by atoms with Crippen LogP contribution in [0.1, 0.15) is 23.8 Å². The second-order valence-electron chi connectivity index (χ2n) is 3.53. The highest BCUT2D eigenvalue weighted by molar-refractivity contribution is 9.10. The molecule has 0 aliphatic rings. The van der Waals surface area contributed by atoms with Crippen molar-refractivity contribution in [1.82, 2.24) is 9.88 Å². The van der Waals surface area contributed by atoms with Crippen molar-refractivity contribution >= 4 is 39.0 Å². The molecule has 1 rings (SSSR count). The molecule has 1 heterocycles. The van der Waals surface area contributed by atoms with Gasteiger partial charge < -0.3 is 10.6 Å². The average Bonchev–Trinajstić information content (AvgIpc) is 2.28. The summed E-state index contributed by atoms with van der Waals surface area (Å²) in [7, 11) is 0. The van der Waals surface area contributed by atoms with Crippen LogP contribution in [-0.4, -0.2) is 33.9 Å². The number of carbonyl (C=O) groups excluding carboxylic acids is 1. The van der Waals surface area contributed by atoms with Crippen LogP contribution < -0.4 is 5.73 Å². The normalized spacial score (nSPS) is 10.0. The summed E-state index contributed by atoms with van der Waals surface area (Å²) in [6.45, 7) is 2.89. The van der Waals surface area contributed by atoms with E-state index in [9.17, 15) is 4.79 Å². The lowest BCUT2D eigenvalue weighted by Gasteiger charge is -2.21. The minimum absolute atomic E-state index is 0.160. The molecular weight excluding hydrogens is 302 g/mol. The number of nitrogens with zero attached hydrogens (tertiary/aromatic N) is 2. The number of carbonyl (C=O) groups is 1. The molecule has 0 spiro atoms. The number of pyridine rings is 1. The fourth-order valence-electron chi connectivity index (χ4n) is 1.40. The summed E-state index contributed by atoms with van der Waals surface area (Å²) >= 11 is 8.15. The maximum Gasteiger partial charge on any atom is 0.274 e. The van der Waals surface area contributed by atoms with Gasteiger partial charge in [0.05, 0.1) is 11.5 Å². The van der Waals surface area contributed by atoms with Gasteiger partial charge in [0.1, 0.15) is 5.69 Å². The fourth-order valence-corrected chi connectivity index (χ4v) is 1.98. The van der Waals surface area contributed by atoms with Crippen molar-refractivity contribution in [3.05, 3.63) is 28.5 Å². The second kappa shape index (κ2) is 6.66. The zero-order valence-corrected chi connectivity index (χ0v) is 11.9. The van der Waals surface area contributed by atoms with Crippen LogP contribution in [0.5, 0.6) is 0 Å². The van der Waals surface area contributed by atoms with Crippen LogP contribution >= 0.6 is 28.1 Å². The van der Waals surface area contributed by atoms with E-state index < -0.39 is 0 Å². The molecular formula is C11H14BrN3OS. The first-order valence-corrected chi connectivity index (χ1v) is 6.44. The minimum atomic E-state index is -0.160. The summed E-state index contributed by atoms with van der Waals surface area (Å²) in [4.78, 5) is 18.2. The highest BCUT2D eigenvalue weighted by atomic mass is 79.9. The number of hydrogen-bond acceptors (Lipinski definition) is 3. The number of rotatable bonds is 5. The molecule has 2 N–H and O–H groups in total. The van der Waals surface area contributed by atoms with Crippen LogP contribution in [-0.2, 0) is 0 Å². The van der Waals surface area contributed by atoms with E-state index in [0.717, 1.165) is 6.42 Å². The molecule has 0 aliphatic carbocycles. The Kier molecular flexibility index (Phi) is 5.50. The molecule has 0 saturated carbocycles. The van der Waals surface area contributed by atoms with E-state index in [0.29, 0.717) is 21.7 Å². The lowest BCUT2D eigenvalue weighted by atomic mass is 10.3. The highest BCUT2D eigenvalue weighted by Gasteiger charge is 2.19. The smallest absolute Gasteiger partial charge is 0.274 e. The summed E-state index contributed by atoms with van der Waals surface area (Å²) in [5.41, 5.74) is 5.87. The van der Waals surface area contributed by atoms with Gasteiger partial charge in [-0.3, -0.25) is 4.79 Å². The summed E-state index contributed by atoms with van der Waals surface area (Å²) in [5.74, 6) is -0.160. The SMILES string of the molecule is CCCN(CC(N)=S)C(=O)c1ncccc1Br. The zero-order chi connectivity index (χ0) is 12.8. The van der Waals surface area contributed by atoms with E-state index in [-0.39, 0.29) is 12.5 Å². The molecule has 1 aromatic heterocycles. The van der Waals surface area contributed by atoms with E-state index in [1.165, 1.54) is 0 Å². The van der Waals surface area contributed by atoms with E-state index in [2.05, 4.69) is 20.9 Å². The van der Waals surface area contributed by atoms with E-state index >= 15 is 0 Å². The van der Waals surface area contributed by atoms with Crippen LogP contribution in [0.4, 0.5) is 0 Å². The number of thiocarbonyl (C=S) groups is 1. The Hall–Kier alpha value is -1.01. The third-order valence-corrected chi connectivity index (χ3v) is 2.86. The summed E-state index contributed by atoms with van der Waals surface area (Å²) in [6, 6.07) is 3.55. The van der Waals surface area contributed by atoms with Crippen molar-refractivity contribution in [1.29, 1.82) is 0 Å². The molecule has 17 heavy (non-hydrogen) atoms. The van der Waals surface area contributed by atoms with Gasteiger partial charge in [-0.25, -0.2) is 4.98 Å².